The number of benzene rings is 3. The average molecular weight is 443 g/mol. The van der Waals surface area contributed by atoms with Crippen molar-refractivity contribution in [2.24, 2.45) is 5.92 Å². The summed E-state index contributed by atoms with van der Waals surface area (Å²) in [5, 5.41) is 1.73. The first-order chi connectivity index (χ1) is 16.0. The van der Waals surface area contributed by atoms with Crippen LogP contribution in [0.25, 0.3) is 0 Å². The molecule has 2 heterocycles. The smallest absolute Gasteiger partial charge is 0.266 e. The van der Waals surface area contributed by atoms with Gasteiger partial charge in [0.05, 0.1) is 24.0 Å². The molecule has 0 aliphatic carbocycles. The molecule has 3 aromatic rings. The van der Waals surface area contributed by atoms with Crippen LogP contribution in [-0.4, -0.2) is 24.5 Å². The van der Waals surface area contributed by atoms with E-state index >= 15 is 0 Å². The zero-order valence-corrected chi connectivity index (χ0v) is 18.9. The molecule has 6 nitrogen and oxygen atoms in total. The maximum absolute atomic E-state index is 13.7. The zero-order chi connectivity index (χ0) is 23.1. The summed E-state index contributed by atoms with van der Waals surface area (Å²) >= 11 is 0. The molecule has 0 unspecified atom stereocenters. The van der Waals surface area contributed by atoms with Crippen molar-refractivity contribution in [3.05, 3.63) is 89.5 Å². The van der Waals surface area contributed by atoms with E-state index in [1.807, 2.05) is 63.2 Å². The maximum Gasteiger partial charge on any atom is 0.266 e. The fraction of sp³-hybridized carbons (Fsp3) is 0.259. The van der Waals surface area contributed by atoms with E-state index in [-0.39, 0.29) is 11.8 Å². The molecule has 33 heavy (non-hydrogen) atoms. The number of para-hydroxylation sites is 1. The lowest BCUT2D eigenvalue weighted by atomic mass is 9.87. The van der Waals surface area contributed by atoms with E-state index in [4.69, 9.17) is 9.57 Å². The highest BCUT2D eigenvalue weighted by Crippen LogP contribution is 2.48. The van der Waals surface area contributed by atoms with Crippen LogP contribution in [0.15, 0.2) is 72.8 Å². The number of hydrogen-bond donors (Lipinski definition) is 0. The molecule has 0 saturated carbocycles. The summed E-state index contributed by atoms with van der Waals surface area (Å²) in [6.07, 6.45) is -0.880. The fourth-order valence-electron chi connectivity index (χ4n) is 4.80. The third-order valence-electron chi connectivity index (χ3n) is 6.28. The van der Waals surface area contributed by atoms with Crippen molar-refractivity contribution >= 4 is 23.2 Å². The first-order valence-corrected chi connectivity index (χ1v) is 11.2. The lowest BCUT2D eigenvalue weighted by Gasteiger charge is -2.29. The number of anilines is 2. The van der Waals surface area contributed by atoms with Gasteiger partial charge in [-0.05, 0) is 68.3 Å². The Balaban J connectivity index is 1.55. The monoisotopic (exact) mass is 442 g/mol. The van der Waals surface area contributed by atoms with Gasteiger partial charge in [-0.15, -0.1) is 0 Å². The van der Waals surface area contributed by atoms with Gasteiger partial charge in [0.15, 0.2) is 6.10 Å². The number of imide groups is 1. The van der Waals surface area contributed by atoms with E-state index in [0.717, 1.165) is 22.4 Å². The minimum atomic E-state index is -0.880. The molecule has 168 valence electrons. The second-order valence-electron chi connectivity index (χ2n) is 8.46. The van der Waals surface area contributed by atoms with Crippen LogP contribution >= 0.6 is 0 Å². The lowest BCUT2D eigenvalue weighted by Crippen LogP contribution is -2.37. The van der Waals surface area contributed by atoms with Crippen molar-refractivity contribution < 1.29 is 19.2 Å². The van der Waals surface area contributed by atoms with Gasteiger partial charge < -0.3 is 4.74 Å². The van der Waals surface area contributed by atoms with Gasteiger partial charge in [-0.3, -0.25) is 14.4 Å². The van der Waals surface area contributed by atoms with Crippen LogP contribution in [0.1, 0.15) is 29.7 Å². The molecule has 2 fully saturated rings. The van der Waals surface area contributed by atoms with Crippen LogP contribution in [-0.2, 0) is 14.4 Å². The number of aryl methyl sites for hydroxylation is 2. The van der Waals surface area contributed by atoms with Gasteiger partial charge in [-0.2, -0.15) is 0 Å². The first kappa shape index (κ1) is 21.2. The molecule has 0 bridgehead atoms. The molecule has 5 rings (SSSR count). The fourth-order valence-corrected chi connectivity index (χ4v) is 4.80. The van der Waals surface area contributed by atoms with Crippen molar-refractivity contribution in [1.29, 1.82) is 0 Å². The van der Waals surface area contributed by atoms with Gasteiger partial charge in [0.2, 0.25) is 5.91 Å². The number of hydrogen-bond acceptors (Lipinski definition) is 5. The summed E-state index contributed by atoms with van der Waals surface area (Å²) in [4.78, 5) is 34.6. The van der Waals surface area contributed by atoms with E-state index < -0.39 is 18.1 Å². The highest BCUT2D eigenvalue weighted by molar-refractivity contribution is 6.24. The molecule has 0 radical (unpaired) electrons. The van der Waals surface area contributed by atoms with Crippen LogP contribution in [0.2, 0.25) is 0 Å². The average Bonchev–Trinajstić information content (AvgIpc) is 3.31. The standard InChI is InChI=1S/C27H26N2O4/c1-4-32-21-13-11-19(12-14-21)28-26(30)23-24(22-15-10-17(2)16-18(22)3)29(33-25(23)27(28)31)20-8-6-5-7-9-20/h5-16,23-25H,4H2,1-3H3/t23-,24+,25+/m0/s1. The van der Waals surface area contributed by atoms with E-state index in [1.165, 1.54) is 4.90 Å². The number of hydroxylamine groups is 1. The number of nitrogens with zero attached hydrogens (tertiary/aromatic N) is 2. The number of carbonyl (C=O) groups is 2. The maximum atomic E-state index is 13.7. The van der Waals surface area contributed by atoms with Gasteiger partial charge >= 0.3 is 0 Å². The van der Waals surface area contributed by atoms with Crippen LogP contribution in [0.3, 0.4) is 0 Å². The van der Waals surface area contributed by atoms with Crippen molar-refractivity contribution in [1.82, 2.24) is 0 Å². The Morgan fingerprint density at radius 2 is 1.61 bits per heavy atom. The number of fused-ring (bicyclic) bond motifs is 1. The summed E-state index contributed by atoms with van der Waals surface area (Å²) in [5.74, 6) is -0.550. The molecule has 2 aliphatic rings. The molecular weight excluding hydrogens is 416 g/mol. The normalized spacial score (nSPS) is 22.1. The molecule has 3 aromatic carbocycles. The molecule has 3 atom stereocenters. The van der Waals surface area contributed by atoms with Gasteiger partial charge in [0.1, 0.15) is 11.7 Å². The molecule has 0 N–H and O–H groups in total. The van der Waals surface area contributed by atoms with Crippen molar-refractivity contribution in [3.63, 3.8) is 0 Å². The van der Waals surface area contributed by atoms with Gasteiger partial charge in [0.25, 0.3) is 5.91 Å². The van der Waals surface area contributed by atoms with E-state index in [9.17, 15) is 9.59 Å². The Morgan fingerprint density at radius 1 is 0.879 bits per heavy atom. The third-order valence-corrected chi connectivity index (χ3v) is 6.28. The van der Waals surface area contributed by atoms with Crippen LogP contribution in [0.5, 0.6) is 5.75 Å². The molecule has 2 aliphatic heterocycles. The van der Waals surface area contributed by atoms with Crippen LogP contribution in [0.4, 0.5) is 11.4 Å². The highest BCUT2D eigenvalue weighted by Gasteiger charge is 2.60. The number of carbonyl (C=O) groups excluding carboxylic acids is 2. The number of rotatable bonds is 5. The lowest BCUT2D eigenvalue weighted by molar-refractivity contribution is -0.126. The topological polar surface area (TPSA) is 59.1 Å². The molecule has 2 amide bonds. The van der Waals surface area contributed by atoms with Gasteiger partial charge in [-0.25, -0.2) is 9.96 Å². The third kappa shape index (κ3) is 3.56. The predicted molar refractivity (Wildman–Crippen MR) is 126 cm³/mol. The van der Waals surface area contributed by atoms with E-state index in [1.54, 1.807) is 29.3 Å². The summed E-state index contributed by atoms with van der Waals surface area (Å²) in [7, 11) is 0. The Bertz CT molecular complexity index is 1190. The van der Waals surface area contributed by atoms with E-state index in [2.05, 4.69) is 6.07 Å². The highest BCUT2D eigenvalue weighted by atomic mass is 16.7. The summed E-state index contributed by atoms with van der Waals surface area (Å²) in [6.45, 7) is 6.53. The second-order valence-corrected chi connectivity index (χ2v) is 8.46. The van der Waals surface area contributed by atoms with Crippen molar-refractivity contribution in [3.8, 4) is 5.75 Å². The Morgan fingerprint density at radius 3 is 2.27 bits per heavy atom. The van der Waals surface area contributed by atoms with Gasteiger partial charge in [0, 0.05) is 0 Å². The second kappa shape index (κ2) is 8.37. The summed E-state index contributed by atoms with van der Waals surface area (Å²) in [6, 6.07) is 22.4. The Hall–Kier alpha value is -3.64. The minimum Gasteiger partial charge on any atom is -0.494 e. The molecule has 6 heteroatoms. The SMILES string of the molecule is CCOc1ccc(N2C(=O)[C@H]3[C@@H](c4ccc(C)cc4C)N(c4ccccc4)O[C@H]3C2=O)cc1. The zero-order valence-electron chi connectivity index (χ0n) is 18.9. The van der Waals surface area contributed by atoms with Crippen LogP contribution in [0, 0.1) is 19.8 Å². The van der Waals surface area contributed by atoms with Crippen LogP contribution < -0.4 is 14.7 Å². The first-order valence-electron chi connectivity index (χ1n) is 11.2. The molecular formula is C27H26N2O4. The largest absolute Gasteiger partial charge is 0.494 e. The van der Waals surface area contributed by atoms with Crippen molar-refractivity contribution in [2.45, 2.75) is 32.9 Å². The number of ether oxygens (including phenoxy) is 1. The van der Waals surface area contributed by atoms with Crippen molar-refractivity contribution in [2.75, 3.05) is 16.6 Å². The van der Waals surface area contributed by atoms with Gasteiger partial charge in [-0.1, -0.05) is 42.0 Å². The molecule has 2 saturated heterocycles. The minimum absolute atomic E-state index is 0.252. The Labute approximate surface area is 193 Å². The molecule has 0 spiro atoms. The van der Waals surface area contributed by atoms with E-state index in [0.29, 0.717) is 18.0 Å². The summed E-state index contributed by atoms with van der Waals surface area (Å²) in [5.41, 5.74) is 4.52. The predicted octanol–water partition coefficient (Wildman–Crippen LogP) is 4.75. The quantitative estimate of drug-likeness (QED) is 0.534. The summed E-state index contributed by atoms with van der Waals surface area (Å²) < 4.78 is 5.49. The molecule has 0 aromatic heterocycles. The Kier molecular flexibility index (Phi) is 5.38. The number of amides is 2.